The van der Waals surface area contributed by atoms with E-state index in [1.807, 2.05) is 0 Å². The largest absolute Gasteiger partial charge is 0.490 e. The molecule has 1 aromatic rings. The molecular formula is C10H16N2O3. The molecule has 1 aromatic heterocycles. The van der Waals surface area contributed by atoms with Crippen molar-refractivity contribution in [2.45, 2.75) is 20.3 Å². The molecule has 0 aliphatic carbocycles. The number of aromatic nitrogens is 2. The van der Waals surface area contributed by atoms with E-state index in [1.54, 1.807) is 38.0 Å². The zero-order valence-electron chi connectivity index (χ0n) is 9.23. The number of rotatable bonds is 5. The van der Waals surface area contributed by atoms with Gasteiger partial charge in [-0.25, -0.2) is 0 Å². The summed E-state index contributed by atoms with van der Waals surface area (Å²) in [7, 11) is 1.80. The van der Waals surface area contributed by atoms with Gasteiger partial charge in [-0.1, -0.05) is 0 Å². The van der Waals surface area contributed by atoms with Crippen molar-refractivity contribution in [2.24, 2.45) is 12.5 Å². The highest BCUT2D eigenvalue weighted by Gasteiger charge is 2.26. The third-order valence-electron chi connectivity index (χ3n) is 2.26. The summed E-state index contributed by atoms with van der Waals surface area (Å²) in [6.07, 6.45) is 3.82. The number of hydrogen-bond acceptors (Lipinski definition) is 3. The van der Waals surface area contributed by atoms with Crippen molar-refractivity contribution < 1.29 is 14.6 Å². The monoisotopic (exact) mass is 212 g/mol. The summed E-state index contributed by atoms with van der Waals surface area (Å²) in [5, 5.41) is 12.8. The van der Waals surface area contributed by atoms with Crippen LogP contribution in [0.1, 0.15) is 20.3 Å². The third-order valence-corrected chi connectivity index (χ3v) is 2.26. The van der Waals surface area contributed by atoms with Crippen molar-refractivity contribution in [3.63, 3.8) is 0 Å². The Morgan fingerprint density at radius 2 is 2.33 bits per heavy atom. The lowest BCUT2D eigenvalue weighted by Gasteiger charge is -2.18. The summed E-state index contributed by atoms with van der Waals surface area (Å²) < 4.78 is 7.00. The van der Waals surface area contributed by atoms with E-state index in [2.05, 4.69) is 5.10 Å². The second-order valence-corrected chi connectivity index (χ2v) is 4.14. The van der Waals surface area contributed by atoms with Crippen LogP contribution in [0, 0.1) is 5.41 Å². The lowest BCUT2D eigenvalue weighted by atomic mass is 9.90. The zero-order chi connectivity index (χ0) is 11.5. The highest BCUT2D eigenvalue weighted by molar-refractivity contribution is 5.73. The molecule has 1 rings (SSSR count). The van der Waals surface area contributed by atoms with Crippen molar-refractivity contribution >= 4 is 5.97 Å². The number of carboxylic acid groups (broad SMARTS) is 1. The predicted octanol–water partition coefficient (Wildman–Crippen LogP) is 1.30. The minimum absolute atomic E-state index is 0.380. The van der Waals surface area contributed by atoms with Crippen LogP contribution in [-0.2, 0) is 11.8 Å². The van der Waals surface area contributed by atoms with Crippen molar-refractivity contribution in [3.8, 4) is 5.75 Å². The van der Waals surface area contributed by atoms with Crippen LogP contribution < -0.4 is 4.74 Å². The molecule has 15 heavy (non-hydrogen) atoms. The first-order chi connectivity index (χ1) is 6.92. The Labute approximate surface area is 88.7 Å². The van der Waals surface area contributed by atoms with Gasteiger partial charge in [0, 0.05) is 7.05 Å². The van der Waals surface area contributed by atoms with Crippen LogP contribution in [0.5, 0.6) is 5.75 Å². The first-order valence-corrected chi connectivity index (χ1v) is 4.77. The van der Waals surface area contributed by atoms with Gasteiger partial charge >= 0.3 is 5.97 Å². The van der Waals surface area contributed by atoms with Gasteiger partial charge in [0.25, 0.3) is 0 Å². The maximum atomic E-state index is 10.8. The van der Waals surface area contributed by atoms with Gasteiger partial charge in [0.15, 0.2) is 5.75 Å². The quantitative estimate of drug-likeness (QED) is 0.799. The van der Waals surface area contributed by atoms with Crippen LogP contribution in [0.4, 0.5) is 0 Å². The van der Waals surface area contributed by atoms with E-state index in [0.29, 0.717) is 18.8 Å². The normalized spacial score (nSPS) is 11.4. The summed E-state index contributed by atoms with van der Waals surface area (Å²) in [6, 6.07) is 0. The molecular weight excluding hydrogens is 196 g/mol. The Balaban J connectivity index is 2.36. The van der Waals surface area contributed by atoms with Crippen molar-refractivity contribution in [1.82, 2.24) is 9.78 Å². The maximum absolute atomic E-state index is 10.8. The molecule has 0 aliphatic heterocycles. The molecule has 0 saturated carbocycles. The van der Waals surface area contributed by atoms with Gasteiger partial charge in [-0.3, -0.25) is 9.48 Å². The minimum atomic E-state index is -0.808. The number of aryl methyl sites for hydroxylation is 1. The molecule has 84 valence electrons. The summed E-state index contributed by atoms with van der Waals surface area (Å²) in [4.78, 5) is 10.8. The summed E-state index contributed by atoms with van der Waals surface area (Å²) in [6.45, 7) is 3.74. The lowest BCUT2D eigenvalue weighted by Crippen LogP contribution is -2.25. The van der Waals surface area contributed by atoms with Crippen molar-refractivity contribution in [3.05, 3.63) is 12.4 Å². The Morgan fingerprint density at radius 3 is 2.80 bits per heavy atom. The van der Waals surface area contributed by atoms with E-state index in [9.17, 15) is 4.79 Å². The standard InChI is InChI=1S/C10H16N2O3/c1-10(2,9(13)14)4-5-15-8-6-11-12(3)7-8/h6-7H,4-5H2,1-3H3,(H,13,14). The molecule has 5 heteroatoms. The Morgan fingerprint density at radius 1 is 1.67 bits per heavy atom. The van der Waals surface area contributed by atoms with Crippen LogP contribution in [0.3, 0.4) is 0 Å². The fraction of sp³-hybridized carbons (Fsp3) is 0.600. The van der Waals surface area contributed by atoms with Gasteiger partial charge in [-0.15, -0.1) is 0 Å². The predicted molar refractivity (Wildman–Crippen MR) is 54.7 cm³/mol. The molecule has 0 atom stereocenters. The second-order valence-electron chi connectivity index (χ2n) is 4.14. The highest BCUT2D eigenvalue weighted by atomic mass is 16.5. The van der Waals surface area contributed by atoms with Crippen molar-refractivity contribution in [1.29, 1.82) is 0 Å². The summed E-state index contributed by atoms with van der Waals surface area (Å²) >= 11 is 0. The zero-order valence-corrected chi connectivity index (χ0v) is 9.23. The number of aliphatic carboxylic acids is 1. The number of carbonyl (C=O) groups is 1. The molecule has 0 spiro atoms. The lowest BCUT2D eigenvalue weighted by molar-refractivity contribution is -0.147. The first kappa shape index (κ1) is 11.6. The fourth-order valence-electron chi connectivity index (χ4n) is 1.00. The minimum Gasteiger partial charge on any atom is -0.490 e. The Hall–Kier alpha value is -1.52. The van der Waals surface area contributed by atoms with Gasteiger partial charge < -0.3 is 9.84 Å². The van der Waals surface area contributed by atoms with Crippen LogP contribution in [0.2, 0.25) is 0 Å². The first-order valence-electron chi connectivity index (χ1n) is 4.77. The maximum Gasteiger partial charge on any atom is 0.309 e. The van der Waals surface area contributed by atoms with Crippen LogP contribution in [0.25, 0.3) is 0 Å². The van der Waals surface area contributed by atoms with E-state index in [1.165, 1.54) is 0 Å². The molecule has 0 bridgehead atoms. The van der Waals surface area contributed by atoms with Gasteiger partial charge in [-0.2, -0.15) is 5.10 Å². The molecule has 5 nitrogen and oxygen atoms in total. The topological polar surface area (TPSA) is 64.3 Å². The molecule has 1 N–H and O–H groups in total. The highest BCUT2D eigenvalue weighted by Crippen LogP contribution is 2.20. The summed E-state index contributed by atoms with van der Waals surface area (Å²) in [5.74, 6) is -0.143. The third kappa shape index (κ3) is 3.27. The molecule has 0 saturated heterocycles. The second kappa shape index (κ2) is 4.33. The number of ether oxygens (including phenoxy) is 1. The molecule has 0 aromatic carbocycles. The van der Waals surface area contributed by atoms with Crippen LogP contribution in [-0.4, -0.2) is 27.5 Å². The van der Waals surface area contributed by atoms with E-state index >= 15 is 0 Å². The molecule has 0 fully saturated rings. The Kier molecular flexibility index (Phi) is 3.34. The molecule has 0 radical (unpaired) electrons. The van der Waals surface area contributed by atoms with E-state index in [4.69, 9.17) is 9.84 Å². The average Bonchev–Trinajstić information content (AvgIpc) is 2.51. The van der Waals surface area contributed by atoms with E-state index in [-0.39, 0.29) is 0 Å². The smallest absolute Gasteiger partial charge is 0.309 e. The fourth-order valence-corrected chi connectivity index (χ4v) is 1.00. The molecule has 1 heterocycles. The van der Waals surface area contributed by atoms with Gasteiger partial charge in [0.1, 0.15) is 0 Å². The summed E-state index contributed by atoms with van der Waals surface area (Å²) in [5.41, 5.74) is -0.748. The number of hydrogen-bond donors (Lipinski definition) is 1. The van der Waals surface area contributed by atoms with Crippen molar-refractivity contribution in [2.75, 3.05) is 6.61 Å². The molecule has 0 unspecified atom stereocenters. The SMILES string of the molecule is Cn1cc(OCCC(C)(C)C(=O)O)cn1. The average molecular weight is 212 g/mol. The van der Waals surface area contributed by atoms with E-state index in [0.717, 1.165) is 0 Å². The number of carboxylic acids is 1. The van der Waals surface area contributed by atoms with Gasteiger partial charge in [0.2, 0.25) is 0 Å². The van der Waals surface area contributed by atoms with Gasteiger partial charge in [-0.05, 0) is 20.3 Å². The van der Waals surface area contributed by atoms with Crippen LogP contribution in [0.15, 0.2) is 12.4 Å². The molecule has 0 aliphatic rings. The van der Waals surface area contributed by atoms with Gasteiger partial charge in [0.05, 0.1) is 24.4 Å². The van der Waals surface area contributed by atoms with E-state index < -0.39 is 11.4 Å². The number of nitrogens with zero attached hydrogens (tertiary/aromatic N) is 2. The van der Waals surface area contributed by atoms with Crippen LogP contribution >= 0.6 is 0 Å². The molecule has 0 amide bonds. The Bertz CT molecular complexity index is 344.